The Labute approximate surface area is 111 Å². The second kappa shape index (κ2) is 5.12. The highest BCUT2D eigenvalue weighted by Crippen LogP contribution is 2.35. The minimum Gasteiger partial charge on any atom is -0.367 e. The van der Waals surface area contributed by atoms with E-state index in [0.717, 1.165) is 18.7 Å². The van der Waals surface area contributed by atoms with Crippen LogP contribution in [-0.2, 0) is 0 Å². The van der Waals surface area contributed by atoms with E-state index in [9.17, 15) is 10.1 Å². The molecule has 0 spiro atoms. The number of nitrogens with zero attached hydrogens (tertiary/aromatic N) is 2. The summed E-state index contributed by atoms with van der Waals surface area (Å²) >= 11 is 6.13. The Balaban J connectivity index is 2.26. The predicted molar refractivity (Wildman–Crippen MR) is 72.1 cm³/mol. The number of anilines is 1. The van der Waals surface area contributed by atoms with E-state index in [2.05, 4.69) is 11.8 Å². The van der Waals surface area contributed by atoms with Crippen LogP contribution in [0.4, 0.5) is 11.4 Å². The van der Waals surface area contributed by atoms with Gasteiger partial charge in [-0.15, -0.1) is 0 Å². The Morgan fingerprint density at radius 2 is 2.33 bits per heavy atom. The van der Waals surface area contributed by atoms with Crippen LogP contribution in [0.15, 0.2) is 18.2 Å². The molecule has 1 fully saturated rings. The minimum absolute atomic E-state index is 0.0194. The van der Waals surface area contributed by atoms with Crippen molar-refractivity contribution in [1.29, 1.82) is 0 Å². The molecule has 1 heterocycles. The Kier molecular flexibility index (Phi) is 3.73. The molecule has 1 saturated heterocycles. The summed E-state index contributed by atoms with van der Waals surface area (Å²) in [5.74, 6) is 0.464. The van der Waals surface area contributed by atoms with Crippen LogP contribution in [-0.4, -0.2) is 24.1 Å². The number of hydrogen-bond donors (Lipinski definition) is 1. The van der Waals surface area contributed by atoms with Crippen molar-refractivity contribution in [2.24, 2.45) is 11.7 Å². The summed E-state index contributed by atoms with van der Waals surface area (Å²) < 4.78 is 0. The van der Waals surface area contributed by atoms with Crippen LogP contribution in [0, 0.1) is 16.0 Å². The first-order valence-electron chi connectivity index (χ1n) is 5.93. The summed E-state index contributed by atoms with van der Waals surface area (Å²) in [5, 5.41) is 11.1. The number of nitro benzene ring substituents is 1. The zero-order valence-electron chi connectivity index (χ0n) is 10.2. The van der Waals surface area contributed by atoms with E-state index < -0.39 is 4.92 Å². The number of rotatable bonds is 3. The fraction of sp³-hybridized carbons (Fsp3) is 0.500. The number of nitro groups is 1. The normalized spacial score (nSPS) is 23.4. The van der Waals surface area contributed by atoms with Crippen LogP contribution >= 0.6 is 11.6 Å². The van der Waals surface area contributed by atoms with E-state index in [4.69, 9.17) is 17.3 Å². The van der Waals surface area contributed by atoms with Crippen molar-refractivity contribution < 1.29 is 4.92 Å². The van der Waals surface area contributed by atoms with Gasteiger partial charge in [0.1, 0.15) is 0 Å². The monoisotopic (exact) mass is 269 g/mol. The smallest absolute Gasteiger partial charge is 0.271 e. The Bertz CT molecular complexity index is 467. The molecule has 0 saturated carbocycles. The second-order valence-electron chi connectivity index (χ2n) is 4.73. The minimum atomic E-state index is -0.439. The molecule has 0 aromatic heterocycles. The summed E-state index contributed by atoms with van der Waals surface area (Å²) in [5.41, 5.74) is 6.56. The van der Waals surface area contributed by atoms with Crippen molar-refractivity contribution >= 4 is 23.0 Å². The van der Waals surface area contributed by atoms with Gasteiger partial charge in [-0.25, -0.2) is 0 Å². The molecule has 2 unspecified atom stereocenters. The molecule has 1 aromatic carbocycles. The first kappa shape index (κ1) is 13.1. The lowest BCUT2D eigenvalue weighted by Crippen LogP contribution is -2.27. The molecule has 1 aromatic rings. The molecule has 1 aliphatic rings. The lowest BCUT2D eigenvalue weighted by molar-refractivity contribution is -0.384. The maximum Gasteiger partial charge on any atom is 0.271 e. The van der Waals surface area contributed by atoms with Crippen LogP contribution in [0.1, 0.15) is 13.3 Å². The maximum absolute atomic E-state index is 10.7. The van der Waals surface area contributed by atoms with Gasteiger partial charge in [-0.05, 0) is 31.9 Å². The molecule has 0 amide bonds. The van der Waals surface area contributed by atoms with Gasteiger partial charge >= 0.3 is 0 Å². The zero-order valence-corrected chi connectivity index (χ0v) is 10.9. The van der Waals surface area contributed by atoms with Crippen LogP contribution < -0.4 is 10.6 Å². The summed E-state index contributed by atoms with van der Waals surface area (Å²) in [6.45, 7) is 3.63. The third kappa shape index (κ3) is 2.42. The first-order chi connectivity index (χ1) is 8.52. The third-order valence-corrected chi connectivity index (χ3v) is 3.75. The molecule has 0 radical (unpaired) electrons. The SMILES string of the molecule is CC1CC(CN)CN1c1ccc([N+](=O)[O-])cc1Cl. The standard InChI is InChI=1S/C12H16ClN3O2/c1-8-4-9(6-14)7-15(8)12-3-2-10(16(17)18)5-11(12)13/h2-3,5,8-9H,4,6-7,14H2,1H3. The average molecular weight is 270 g/mol. The molecule has 0 bridgehead atoms. The Hall–Kier alpha value is -1.33. The molecular weight excluding hydrogens is 254 g/mol. The molecule has 2 rings (SSSR count). The lowest BCUT2D eigenvalue weighted by Gasteiger charge is -2.24. The van der Waals surface area contributed by atoms with Crippen molar-refractivity contribution in [3.63, 3.8) is 0 Å². The third-order valence-electron chi connectivity index (χ3n) is 3.45. The summed E-state index contributed by atoms with van der Waals surface area (Å²) in [7, 11) is 0. The number of hydrogen-bond acceptors (Lipinski definition) is 4. The zero-order chi connectivity index (χ0) is 13.3. The largest absolute Gasteiger partial charge is 0.367 e. The van der Waals surface area contributed by atoms with Crippen LogP contribution in [0.2, 0.25) is 5.02 Å². The van der Waals surface area contributed by atoms with Gasteiger partial charge in [0.15, 0.2) is 0 Å². The van der Waals surface area contributed by atoms with Gasteiger partial charge in [0.2, 0.25) is 0 Å². The number of halogens is 1. The highest BCUT2D eigenvalue weighted by atomic mass is 35.5. The highest BCUT2D eigenvalue weighted by molar-refractivity contribution is 6.33. The van der Waals surface area contributed by atoms with E-state index in [-0.39, 0.29) is 5.69 Å². The average Bonchev–Trinajstić information content (AvgIpc) is 2.70. The second-order valence-corrected chi connectivity index (χ2v) is 5.14. The van der Waals surface area contributed by atoms with Gasteiger partial charge in [0.25, 0.3) is 5.69 Å². The fourth-order valence-corrected chi connectivity index (χ4v) is 2.77. The van der Waals surface area contributed by atoms with Crippen LogP contribution in [0.3, 0.4) is 0 Å². The summed E-state index contributed by atoms with van der Waals surface area (Å²) in [4.78, 5) is 12.4. The van der Waals surface area contributed by atoms with E-state index in [0.29, 0.717) is 23.5 Å². The number of nitrogens with two attached hydrogens (primary N) is 1. The van der Waals surface area contributed by atoms with Gasteiger partial charge in [-0.1, -0.05) is 11.6 Å². The van der Waals surface area contributed by atoms with Gasteiger partial charge in [0, 0.05) is 24.7 Å². The number of benzene rings is 1. The van der Waals surface area contributed by atoms with Crippen LogP contribution in [0.25, 0.3) is 0 Å². The van der Waals surface area contributed by atoms with Crippen LogP contribution in [0.5, 0.6) is 0 Å². The first-order valence-corrected chi connectivity index (χ1v) is 6.31. The fourth-order valence-electron chi connectivity index (χ4n) is 2.49. The lowest BCUT2D eigenvalue weighted by atomic mass is 10.1. The molecule has 1 aliphatic heterocycles. The van der Waals surface area contributed by atoms with Crippen molar-refractivity contribution in [2.75, 3.05) is 18.0 Å². The van der Waals surface area contributed by atoms with Crippen molar-refractivity contribution in [3.8, 4) is 0 Å². The molecule has 18 heavy (non-hydrogen) atoms. The maximum atomic E-state index is 10.7. The molecule has 98 valence electrons. The number of non-ortho nitro benzene ring substituents is 1. The topological polar surface area (TPSA) is 72.4 Å². The van der Waals surface area contributed by atoms with Gasteiger partial charge < -0.3 is 10.6 Å². The molecular formula is C12H16ClN3O2. The van der Waals surface area contributed by atoms with Crippen molar-refractivity contribution in [2.45, 2.75) is 19.4 Å². The van der Waals surface area contributed by atoms with Gasteiger partial charge in [-0.2, -0.15) is 0 Å². The molecule has 5 nitrogen and oxygen atoms in total. The van der Waals surface area contributed by atoms with Gasteiger partial charge in [-0.3, -0.25) is 10.1 Å². The molecule has 2 atom stereocenters. The van der Waals surface area contributed by atoms with E-state index in [1.54, 1.807) is 6.07 Å². The quantitative estimate of drug-likeness (QED) is 0.676. The van der Waals surface area contributed by atoms with E-state index in [1.165, 1.54) is 12.1 Å². The van der Waals surface area contributed by atoms with E-state index in [1.807, 2.05) is 0 Å². The molecule has 2 N–H and O–H groups in total. The Morgan fingerprint density at radius 3 is 2.83 bits per heavy atom. The van der Waals surface area contributed by atoms with E-state index >= 15 is 0 Å². The molecule has 0 aliphatic carbocycles. The van der Waals surface area contributed by atoms with Gasteiger partial charge in [0.05, 0.1) is 15.6 Å². The Morgan fingerprint density at radius 1 is 1.61 bits per heavy atom. The van der Waals surface area contributed by atoms with Crippen molar-refractivity contribution in [3.05, 3.63) is 33.3 Å². The molecule has 6 heteroatoms. The highest BCUT2D eigenvalue weighted by Gasteiger charge is 2.29. The predicted octanol–water partition coefficient (Wildman–Crippen LogP) is 2.42. The summed E-state index contributed by atoms with van der Waals surface area (Å²) in [6.07, 6.45) is 1.03. The van der Waals surface area contributed by atoms with Crippen molar-refractivity contribution in [1.82, 2.24) is 0 Å². The summed E-state index contributed by atoms with van der Waals surface area (Å²) in [6, 6.07) is 4.97.